The van der Waals surface area contributed by atoms with E-state index in [1.807, 2.05) is 24.3 Å². The number of hydrogen-bond acceptors (Lipinski definition) is 7. The van der Waals surface area contributed by atoms with E-state index in [2.05, 4.69) is 22.4 Å². The first-order chi connectivity index (χ1) is 14.1. The van der Waals surface area contributed by atoms with E-state index in [0.29, 0.717) is 17.4 Å². The van der Waals surface area contributed by atoms with E-state index in [4.69, 9.17) is 4.74 Å². The van der Waals surface area contributed by atoms with E-state index in [-0.39, 0.29) is 12.5 Å². The maximum Gasteiger partial charge on any atom is 0.338 e. The van der Waals surface area contributed by atoms with E-state index in [9.17, 15) is 9.59 Å². The van der Waals surface area contributed by atoms with Crippen LogP contribution in [0.3, 0.4) is 0 Å². The summed E-state index contributed by atoms with van der Waals surface area (Å²) < 4.78 is 6.75. The van der Waals surface area contributed by atoms with Crippen molar-refractivity contribution < 1.29 is 14.3 Å². The third-order valence-corrected chi connectivity index (χ3v) is 5.83. The van der Waals surface area contributed by atoms with Crippen LogP contribution in [0.4, 0.5) is 5.69 Å². The van der Waals surface area contributed by atoms with Crippen LogP contribution < -0.4 is 4.90 Å². The van der Waals surface area contributed by atoms with Crippen LogP contribution in [0.15, 0.2) is 59.8 Å². The lowest BCUT2D eigenvalue weighted by atomic mass is 10.2. The van der Waals surface area contributed by atoms with Crippen LogP contribution in [0.5, 0.6) is 0 Å². The number of benzene rings is 2. The third-order valence-electron chi connectivity index (χ3n) is 4.59. The van der Waals surface area contributed by atoms with Crippen LogP contribution in [-0.2, 0) is 9.53 Å². The van der Waals surface area contributed by atoms with Crippen LogP contribution in [0.2, 0.25) is 0 Å². The Kier molecular flexibility index (Phi) is 5.57. The normalized spacial score (nSPS) is 16.0. The smallest absolute Gasteiger partial charge is 0.338 e. The quantitative estimate of drug-likeness (QED) is 0.612. The van der Waals surface area contributed by atoms with Gasteiger partial charge in [0.1, 0.15) is 6.33 Å². The van der Waals surface area contributed by atoms with Crippen LogP contribution >= 0.6 is 11.8 Å². The summed E-state index contributed by atoms with van der Waals surface area (Å²) in [5.74, 6) is -0.779. The molecule has 29 heavy (non-hydrogen) atoms. The molecule has 0 saturated heterocycles. The molecule has 4 rings (SSSR count). The van der Waals surface area contributed by atoms with Gasteiger partial charge in [0.2, 0.25) is 0 Å². The fourth-order valence-electron chi connectivity index (χ4n) is 3.06. The fraction of sp³-hybridized carbons (Fsp3) is 0.250. The topological polar surface area (TPSA) is 90.2 Å². The number of ether oxygens (including phenoxy) is 1. The zero-order valence-corrected chi connectivity index (χ0v) is 16.6. The molecule has 0 N–H and O–H groups in total. The van der Waals surface area contributed by atoms with Gasteiger partial charge in [0, 0.05) is 16.7 Å². The van der Waals surface area contributed by atoms with E-state index in [1.165, 1.54) is 11.0 Å². The van der Waals surface area contributed by atoms with Crippen molar-refractivity contribution in [3.8, 4) is 5.69 Å². The third kappa shape index (κ3) is 4.29. The zero-order valence-electron chi connectivity index (χ0n) is 15.8. The summed E-state index contributed by atoms with van der Waals surface area (Å²) in [6, 6.07) is 14.5. The molecule has 9 heteroatoms. The predicted molar refractivity (Wildman–Crippen MR) is 108 cm³/mol. The monoisotopic (exact) mass is 409 g/mol. The van der Waals surface area contributed by atoms with Crippen molar-refractivity contribution in [2.45, 2.75) is 23.5 Å². The van der Waals surface area contributed by atoms with Gasteiger partial charge in [-0.3, -0.25) is 4.79 Å². The predicted octanol–water partition coefficient (Wildman–Crippen LogP) is 2.74. The maximum absolute atomic E-state index is 12.8. The number of amides is 1. The van der Waals surface area contributed by atoms with Crippen molar-refractivity contribution in [3.63, 3.8) is 0 Å². The number of carbonyl (C=O) groups is 2. The first kappa shape index (κ1) is 19.1. The molecule has 3 aromatic rings. The van der Waals surface area contributed by atoms with Gasteiger partial charge in [-0.25, -0.2) is 9.48 Å². The van der Waals surface area contributed by atoms with Gasteiger partial charge in [0.15, 0.2) is 6.61 Å². The van der Waals surface area contributed by atoms with E-state index < -0.39 is 5.97 Å². The maximum atomic E-state index is 12.8. The van der Waals surface area contributed by atoms with Crippen LogP contribution in [0, 0.1) is 0 Å². The van der Waals surface area contributed by atoms with E-state index in [0.717, 1.165) is 22.7 Å². The first-order valence-corrected chi connectivity index (χ1v) is 10.1. The molecule has 0 unspecified atom stereocenters. The zero-order chi connectivity index (χ0) is 20.2. The standard InChI is InChI=1S/C20H19N5O3S/c1-14-10-11-24(17-4-2-3-5-18(17)29-14)19(26)12-28-20(27)15-6-8-16(9-7-15)25-13-21-22-23-25/h2-9,13-14H,10-12H2,1H3/t14-/m1/s1. The van der Waals surface area contributed by atoms with Crippen molar-refractivity contribution in [1.82, 2.24) is 20.2 Å². The van der Waals surface area contributed by atoms with Crippen molar-refractivity contribution in [3.05, 3.63) is 60.4 Å². The lowest BCUT2D eigenvalue weighted by Gasteiger charge is -2.22. The Morgan fingerprint density at radius 2 is 1.97 bits per heavy atom. The van der Waals surface area contributed by atoms with E-state index in [1.54, 1.807) is 40.9 Å². The molecule has 0 aliphatic carbocycles. The average Bonchev–Trinajstić information content (AvgIpc) is 3.22. The van der Waals surface area contributed by atoms with Crippen molar-refractivity contribution >= 4 is 29.3 Å². The molecule has 2 aromatic carbocycles. The number of fused-ring (bicyclic) bond motifs is 1. The summed E-state index contributed by atoms with van der Waals surface area (Å²) in [6.07, 6.45) is 2.34. The number of thioether (sulfide) groups is 1. The average molecular weight is 409 g/mol. The second-order valence-electron chi connectivity index (χ2n) is 6.61. The molecular weight excluding hydrogens is 390 g/mol. The molecule has 0 radical (unpaired) electrons. The van der Waals surface area contributed by atoms with Gasteiger partial charge in [0.25, 0.3) is 5.91 Å². The largest absolute Gasteiger partial charge is 0.452 e. The summed E-state index contributed by atoms with van der Waals surface area (Å²) in [4.78, 5) is 27.9. The Morgan fingerprint density at radius 3 is 2.72 bits per heavy atom. The van der Waals surface area contributed by atoms with E-state index >= 15 is 0 Å². The highest BCUT2D eigenvalue weighted by atomic mass is 32.2. The van der Waals surface area contributed by atoms with Gasteiger partial charge in [0.05, 0.1) is 16.9 Å². The molecule has 0 spiro atoms. The molecule has 0 saturated carbocycles. The number of tetrazole rings is 1. The number of aromatic nitrogens is 4. The van der Waals surface area contributed by atoms with Crippen LogP contribution in [-0.4, -0.2) is 50.5 Å². The molecule has 1 aromatic heterocycles. The Morgan fingerprint density at radius 1 is 1.17 bits per heavy atom. The Bertz CT molecular complexity index is 1010. The number of carbonyl (C=O) groups excluding carboxylic acids is 2. The Balaban J connectivity index is 1.41. The fourth-order valence-corrected chi connectivity index (χ4v) is 4.18. The second kappa shape index (κ2) is 8.44. The SMILES string of the molecule is C[C@@H]1CCN(C(=O)COC(=O)c2ccc(-n3cnnn3)cc2)c2ccccc2S1. The lowest BCUT2D eigenvalue weighted by Crippen LogP contribution is -2.35. The molecule has 2 heterocycles. The molecule has 1 aliphatic heterocycles. The molecule has 1 atom stereocenters. The van der Waals surface area contributed by atoms with Crippen molar-refractivity contribution in [2.24, 2.45) is 0 Å². The molecule has 0 fully saturated rings. The summed E-state index contributed by atoms with van der Waals surface area (Å²) in [5, 5.41) is 11.4. The molecular formula is C20H19N5O3S. The summed E-state index contributed by atoms with van der Waals surface area (Å²) in [6.45, 7) is 2.44. The van der Waals surface area contributed by atoms with Gasteiger partial charge in [-0.05, 0) is 53.2 Å². The highest BCUT2D eigenvalue weighted by Crippen LogP contribution is 2.37. The highest BCUT2D eigenvalue weighted by molar-refractivity contribution is 8.00. The first-order valence-electron chi connectivity index (χ1n) is 9.18. The molecule has 0 bridgehead atoms. The Labute approximate surface area is 171 Å². The van der Waals surface area contributed by atoms with Crippen molar-refractivity contribution in [1.29, 1.82) is 0 Å². The lowest BCUT2D eigenvalue weighted by molar-refractivity contribution is -0.121. The van der Waals surface area contributed by atoms with Gasteiger partial charge >= 0.3 is 5.97 Å². The van der Waals surface area contributed by atoms with Crippen LogP contribution in [0.1, 0.15) is 23.7 Å². The minimum absolute atomic E-state index is 0.231. The minimum Gasteiger partial charge on any atom is -0.452 e. The second-order valence-corrected chi connectivity index (χ2v) is 8.09. The molecule has 1 aliphatic rings. The molecule has 8 nitrogen and oxygen atoms in total. The molecule has 1 amide bonds. The number of rotatable bonds is 4. The van der Waals surface area contributed by atoms with Gasteiger partial charge < -0.3 is 9.64 Å². The number of hydrogen-bond donors (Lipinski definition) is 0. The Hall–Kier alpha value is -3.20. The summed E-state index contributed by atoms with van der Waals surface area (Å²) in [7, 11) is 0. The van der Waals surface area contributed by atoms with Crippen LogP contribution in [0.25, 0.3) is 5.69 Å². The van der Waals surface area contributed by atoms with Crippen molar-refractivity contribution in [2.75, 3.05) is 18.1 Å². The number of nitrogens with zero attached hydrogens (tertiary/aromatic N) is 5. The number of anilines is 1. The minimum atomic E-state index is -0.549. The van der Waals surface area contributed by atoms with Gasteiger partial charge in [-0.15, -0.1) is 16.9 Å². The van der Waals surface area contributed by atoms with Gasteiger partial charge in [-0.2, -0.15) is 0 Å². The summed E-state index contributed by atoms with van der Waals surface area (Å²) in [5.41, 5.74) is 1.94. The molecule has 148 valence electrons. The summed E-state index contributed by atoms with van der Waals surface area (Å²) >= 11 is 1.76. The number of para-hydroxylation sites is 1. The number of esters is 1. The highest BCUT2D eigenvalue weighted by Gasteiger charge is 2.25. The van der Waals surface area contributed by atoms with Gasteiger partial charge in [-0.1, -0.05) is 19.1 Å².